The molecule has 0 amide bonds. The predicted molar refractivity (Wildman–Crippen MR) is 90.8 cm³/mol. The summed E-state index contributed by atoms with van der Waals surface area (Å²) in [6, 6.07) is 2.82. The highest BCUT2D eigenvalue weighted by atomic mass is 35.5. The second-order valence-corrected chi connectivity index (χ2v) is 4.75. The minimum Gasteiger partial charge on any atom is -0.492 e. The number of halogens is 2. The lowest BCUT2D eigenvalue weighted by Crippen LogP contribution is -2.12. The van der Waals surface area contributed by atoms with Crippen molar-refractivity contribution in [3.63, 3.8) is 0 Å². The molecule has 1 aromatic heterocycles. The van der Waals surface area contributed by atoms with E-state index in [0.717, 1.165) is 0 Å². The van der Waals surface area contributed by atoms with Crippen LogP contribution in [0.5, 0.6) is 5.75 Å². The van der Waals surface area contributed by atoms with Crippen LogP contribution in [0.1, 0.15) is 29.9 Å². The molecular formula is C16H19ClFN3O3. The molecule has 2 rings (SSSR count). The number of hydrogen-bond donors (Lipinski definition) is 1. The first-order valence-electron chi connectivity index (χ1n) is 7.15. The van der Waals surface area contributed by atoms with Crippen LogP contribution in [0.25, 0.3) is 11.4 Å². The van der Waals surface area contributed by atoms with Crippen LogP contribution in [0.3, 0.4) is 0 Å². The fourth-order valence-corrected chi connectivity index (χ4v) is 2.07. The number of nitrogens with zero attached hydrogens (tertiary/aromatic N) is 2. The van der Waals surface area contributed by atoms with Crippen LogP contribution in [0.15, 0.2) is 12.1 Å². The maximum atomic E-state index is 14.4. The molecule has 130 valence electrons. The topological polar surface area (TPSA) is 87.3 Å². The van der Waals surface area contributed by atoms with Crippen molar-refractivity contribution < 1.29 is 18.7 Å². The summed E-state index contributed by atoms with van der Waals surface area (Å²) in [6.45, 7) is 5.57. The van der Waals surface area contributed by atoms with Gasteiger partial charge in [-0.25, -0.2) is 19.2 Å². The number of nitrogens with two attached hydrogens (primary N) is 1. The van der Waals surface area contributed by atoms with Crippen molar-refractivity contribution in [2.24, 2.45) is 0 Å². The first kappa shape index (κ1) is 19.6. The van der Waals surface area contributed by atoms with Gasteiger partial charge in [-0.3, -0.25) is 0 Å². The van der Waals surface area contributed by atoms with E-state index < -0.39 is 11.8 Å². The number of hydrogen-bond acceptors (Lipinski definition) is 6. The Morgan fingerprint density at radius 1 is 1.25 bits per heavy atom. The molecule has 0 saturated heterocycles. The Morgan fingerprint density at radius 2 is 1.88 bits per heavy atom. The molecule has 0 radical (unpaired) electrons. The first-order chi connectivity index (χ1) is 11.4. The standard InChI is InChI=1S/C14H13ClFN3O3.C2H6/c1-6-10(14(20)22-3)18-13(19-12(6)17)7-4-5-8(15)11(21-2)9(7)16;1-2/h4-5H,1-3H3,(H2,17,18,19);1-2H3. The monoisotopic (exact) mass is 355 g/mol. The van der Waals surface area contributed by atoms with Crippen LogP contribution in [0, 0.1) is 12.7 Å². The third kappa shape index (κ3) is 3.73. The second kappa shape index (κ2) is 8.44. The van der Waals surface area contributed by atoms with E-state index in [4.69, 9.17) is 22.1 Å². The van der Waals surface area contributed by atoms with Crippen molar-refractivity contribution in [1.29, 1.82) is 0 Å². The van der Waals surface area contributed by atoms with E-state index in [0.29, 0.717) is 5.56 Å². The molecule has 0 atom stereocenters. The number of nitrogen functional groups attached to an aromatic ring is 1. The third-order valence-electron chi connectivity index (χ3n) is 3.06. The normalized spacial score (nSPS) is 9.79. The van der Waals surface area contributed by atoms with E-state index >= 15 is 0 Å². The van der Waals surface area contributed by atoms with Gasteiger partial charge in [0.1, 0.15) is 5.82 Å². The quantitative estimate of drug-likeness (QED) is 0.845. The minimum absolute atomic E-state index is 0.0121. The number of carbonyl (C=O) groups is 1. The molecule has 2 N–H and O–H groups in total. The molecule has 0 fully saturated rings. The summed E-state index contributed by atoms with van der Waals surface area (Å²) in [4.78, 5) is 19.8. The average molecular weight is 356 g/mol. The Hall–Kier alpha value is -2.41. The number of ether oxygens (including phenoxy) is 2. The Morgan fingerprint density at radius 3 is 2.42 bits per heavy atom. The summed E-state index contributed by atoms with van der Waals surface area (Å²) in [5.41, 5.74) is 6.10. The van der Waals surface area contributed by atoms with Crippen molar-refractivity contribution in [3.8, 4) is 17.1 Å². The van der Waals surface area contributed by atoms with E-state index in [1.165, 1.54) is 26.4 Å². The number of esters is 1. The lowest BCUT2D eigenvalue weighted by atomic mass is 10.1. The molecule has 0 spiro atoms. The van der Waals surface area contributed by atoms with Gasteiger partial charge >= 0.3 is 5.97 Å². The molecule has 0 unspecified atom stereocenters. The third-order valence-corrected chi connectivity index (χ3v) is 3.35. The zero-order valence-electron chi connectivity index (χ0n) is 14.1. The SMILES string of the molecule is CC.COC(=O)c1nc(-c2ccc(Cl)c(OC)c2F)nc(N)c1C. The lowest BCUT2D eigenvalue weighted by molar-refractivity contribution is 0.0593. The maximum absolute atomic E-state index is 14.4. The summed E-state index contributed by atoms with van der Waals surface area (Å²) in [6.07, 6.45) is 0. The molecule has 0 aliphatic rings. The zero-order chi connectivity index (χ0) is 18.4. The largest absolute Gasteiger partial charge is 0.492 e. The van der Waals surface area contributed by atoms with Crippen molar-refractivity contribution in [2.75, 3.05) is 20.0 Å². The van der Waals surface area contributed by atoms with E-state index in [9.17, 15) is 9.18 Å². The number of aromatic nitrogens is 2. The molecule has 2 aromatic rings. The van der Waals surface area contributed by atoms with Crippen LogP contribution < -0.4 is 10.5 Å². The van der Waals surface area contributed by atoms with Crippen LogP contribution >= 0.6 is 11.6 Å². The molecule has 8 heteroatoms. The van der Waals surface area contributed by atoms with Crippen molar-refractivity contribution >= 4 is 23.4 Å². The summed E-state index contributed by atoms with van der Waals surface area (Å²) in [5.74, 6) is -1.57. The smallest absolute Gasteiger partial charge is 0.357 e. The van der Waals surface area contributed by atoms with Crippen molar-refractivity contribution in [3.05, 3.63) is 34.2 Å². The Kier molecular flexibility index (Phi) is 6.91. The van der Waals surface area contributed by atoms with Gasteiger partial charge in [-0.2, -0.15) is 0 Å². The Labute approximate surface area is 144 Å². The van der Waals surface area contributed by atoms with Gasteiger partial charge in [0.25, 0.3) is 0 Å². The number of anilines is 1. The fourth-order valence-electron chi connectivity index (χ4n) is 1.84. The molecule has 24 heavy (non-hydrogen) atoms. The molecule has 6 nitrogen and oxygen atoms in total. The van der Waals surface area contributed by atoms with Gasteiger partial charge in [0.15, 0.2) is 23.1 Å². The highest BCUT2D eigenvalue weighted by molar-refractivity contribution is 6.32. The highest BCUT2D eigenvalue weighted by Crippen LogP contribution is 2.34. The summed E-state index contributed by atoms with van der Waals surface area (Å²) >= 11 is 5.85. The summed E-state index contributed by atoms with van der Waals surface area (Å²) in [5, 5.41) is 0.108. The average Bonchev–Trinajstić information content (AvgIpc) is 2.59. The van der Waals surface area contributed by atoms with Crippen molar-refractivity contribution in [2.45, 2.75) is 20.8 Å². The van der Waals surface area contributed by atoms with Gasteiger partial charge in [-0.1, -0.05) is 25.4 Å². The van der Waals surface area contributed by atoms with Crippen LogP contribution in [0.2, 0.25) is 5.02 Å². The van der Waals surface area contributed by atoms with Crippen LogP contribution in [0.4, 0.5) is 10.2 Å². The van der Waals surface area contributed by atoms with E-state index in [2.05, 4.69) is 14.7 Å². The molecule has 0 bridgehead atoms. The summed E-state index contributed by atoms with van der Waals surface area (Å²) in [7, 11) is 2.50. The predicted octanol–water partition coefficient (Wildman–Crippen LogP) is 3.65. The number of methoxy groups -OCH3 is 2. The maximum Gasteiger partial charge on any atom is 0.357 e. The molecule has 1 heterocycles. The fraction of sp³-hybridized carbons (Fsp3) is 0.312. The Balaban J connectivity index is 0.00000139. The number of carbonyl (C=O) groups excluding carboxylic acids is 1. The summed E-state index contributed by atoms with van der Waals surface area (Å²) < 4.78 is 24.0. The second-order valence-electron chi connectivity index (χ2n) is 4.34. The number of benzene rings is 1. The van der Waals surface area contributed by atoms with Gasteiger partial charge in [-0.05, 0) is 19.1 Å². The molecule has 0 saturated carbocycles. The van der Waals surface area contributed by atoms with Crippen LogP contribution in [-0.2, 0) is 4.74 Å². The molecule has 1 aromatic carbocycles. The zero-order valence-corrected chi connectivity index (χ0v) is 14.9. The van der Waals surface area contributed by atoms with Crippen LogP contribution in [-0.4, -0.2) is 30.2 Å². The minimum atomic E-state index is -0.742. The molecular weight excluding hydrogens is 337 g/mol. The highest BCUT2D eigenvalue weighted by Gasteiger charge is 2.21. The van der Waals surface area contributed by atoms with E-state index in [1.54, 1.807) is 6.92 Å². The van der Waals surface area contributed by atoms with Gasteiger partial charge < -0.3 is 15.2 Å². The van der Waals surface area contributed by atoms with E-state index in [1.807, 2.05) is 13.8 Å². The van der Waals surface area contributed by atoms with Gasteiger partial charge in [-0.15, -0.1) is 0 Å². The van der Waals surface area contributed by atoms with Gasteiger partial charge in [0.05, 0.1) is 24.8 Å². The van der Waals surface area contributed by atoms with E-state index in [-0.39, 0.29) is 33.7 Å². The van der Waals surface area contributed by atoms with Crippen molar-refractivity contribution in [1.82, 2.24) is 9.97 Å². The van der Waals surface area contributed by atoms with Gasteiger partial charge in [0, 0.05) is 5.56 Å². The molecule has 0 aliphatic carbocycles. The lowest BCUT2D eigenvalue weighted by Gasteiger charge is -2.11. The molecule has 0 aliphatic heterocycles. The van der Waals surface area contributed by atoms with Gasteiger partial charge in [0.2, 0.25) is 0 Å². The Bertz CT molecular complexity index is 754. The number of rotatable bonds is 3. The first-order valence-corrected chi connectivity index (χ1v) is 7.53.